The van der Waals surface area contributed by atoms with Gasteiger partial charge in [0, 0.05) is 11.2 Å². The topological polar surface area (TPSA) is 43.8 Å². The predicted molar refractivity (Wildman–Crippen MR) is 66.6 cm³/mol. The number of hydrogen-bond acceptors (Lipinski definition) is 2. The summed E-state index contributed by atoms with van der Waals surface area (Å²) in [5.74, 6) is 0.542. The highest BCUT2D eigenvalue weighted by molar-refractivity contribution is 6.30. The van der Waals surface area contributed by atoms with Crippen molar-refractivity contribution in [2.24, 2.45) is 0 Å². The summed E-state index contributed by atoms with van der Waals surface area (Å²) in [4.78, 5) is 4.19. The Bertz CT molecular complexity index is 487. The molecule has 4 heteroatoms. The molecule has 84 valence electrons. The molecule has 1 aromatic heterocycles. The first-order valence-corrected chi connectivity index (χ1v) is 5.52. The van der Waals surface area contributed by atoms with Gasteiger partial charge in [-0.05, 0) is 31.5 Å². The number of aromatic nitrogens is 2. The molecule has 0 aliphatic carbocycles. The Morgan fingerprint density at radius 1 is 1.31 bits per heavy atom. The maximum atomic E-state index is 5.85. The van der Waals surface area contributed by atoms with Crippen LogP contribution in [0, 0.1) is 6.92 Å². The molecule has 0 amide bonds. The Morgan fingerprint density at radius 3 is 2.44 bits per heavy atom. The average molecular weight is 236 g/mol. The summed E-state index contributed by atoms with van der Waals surface area (Å²) < 4.78 is 1.96. The largest absolute Gasteiger partial charge is 0.369 e. The van der Waals surface area contributed by atoms with E-state index in [1.165, 1.54) is 0 Å². The minimum Gasteiger partial charge on any atom is -0.369 e. The van der Waals surface area contributed by atoms with Crippen molar-refractivity contribution in [1.82, 2.24) is 9.55 Å². The van der Waals surface area contributed by atoms with Gasteiger partial charge < -0.3 is 10.3 Å². The number of rotatable bonds is 2. The standard InChI is InChI=1S/C12H14ClN3/c1-8-7-16(12(14)15-8)9(2)10-3-5-11(13)6-4-10/h3-7,9H,1-2H3,(H2,14,15). The van der Waals surface area contributed by atoms with E-state index in [0.29, 0.717) is 5.95 Å². The summed E-state index contributed by atoms with van der Waals surface area (Å²) in [6.07, 6.45) is 1.95. The van der Waals surface area contributed by atoms with Gasteiger partial charge in [0.25, 0.3) is 0 Å². The predicted octanol–water partition coefficient (Wildman–Crippen LogP) is 3.04. The molecule has 0 spiro atoms. The number of imidazole rings is 1. The molecule has 2 N–H and O–H groups in total. The molecule has 1 unspecified atom stereocenters. The van der Waals surface area contributed by atoms with Crippen LogP contribution in [0.25, 0.3) is 0 Å². The van der Waals surface area contributed by atoms with E-state index in [1.54, 1.807) is 0 Å². The van der Waals surface area contributed by atoms with Crippen LogP contribution in [-0.4, -0.2) is 9.55 Å². The zero-order valence-electron chi connectivity index (χ0n) is 9.31. The maximum absolute atomic E-state index is 5.85. The van der Waals surface area contributed by atoms with E-state index in [9.17, 15) is 0 Å². The number of hydrogen-bond donors (Lipinski definition) is 1. The fourth-order valence-electron chi connectivity index (χ4n) is 1.75. The van der Waals surface area contributed by atoms with Crippen molar-refractivity contribution >= 4 is 17.5 Å². The van der Waals surface area contributed by atoms with E-state index >= 15 is 0 Å². The molecule has 0 saturated heterocycles. The summed E-state index contributed by atoms with van der Waals surface area (Å²) >= 11 is 5.85. The number of halogens is 1. The Balaban J connectivity index is 2.35. The minimum absolute atomic E-state index is 0.165. The number of nitrogens with two attached hydrogens (primary N) is 1. The molecule has 0 aliphatic rings. The molecule has 2 rings (SSSR count). The molecule has 0 bridgehead atoms. The van der Waals surface area contributed by atoms with Gasteiger partial charge in [-0.25, -0.2) is 4.98 Å². The molecule has 0 fully saturated rings. The van der Waals surface area contributed by atoms with Gasteiger partial charge in [-0.15, -0.1) is 0 Å². The first-order chi connectivity index (χ1) is 7.58. The molecule has 3 nitrogen and oxygen atoms in total. The van der Waals surface area contributed by atoms with Crippen LogP contribution >= 0.6 is 11.6 Å². The second-order valence-electron chi connectivity index (χ2n) is 3.88. The monoisotopic (exact) mass is 235 g/mol. The van der Waals surface area contributed by atoms with E-state index in [2.05, 4.69) is 11.9 Å². The Morgan fingerprint density at radius 2 is 1.94 bits per heavy atom. The Kier molecular flexibility index (Phi) is 2.88. The van der Waals surface area contributed by atoms with E-state index in [4.69, 9.17) is 17.3 Å². The van der Waals surface area contributed by atoms with Crippen molar-refractivity contribution in [3.8, 4) is 0 Å². The first kappa shape index (κ1) is 11.0. The van der Waals surface area contributed by atoms with Gasteiger partial charge in [-0.2, -0.15) is 0 Å². The third-order valence-corrected chi connectivity index (χ3v) is 2.90. The lowest BCUT2D eigenvalue weighted by atomic mass is 10.1. The van der Waals surface area contributed by atoms with Gasteiger partial charge in [0.2, 0.25) is 5.95 Å². The molecular weight excluding hydrogens is 222 g/mol. The van der Waals surface area contributed by atoms with E-state index in [0.717, 1.165) is 16.3 Å². The fourth-order valence-corrected chi connectivity index (χ4v) is 1.87. The number of benzene rings is 1. The molecule has 2 aromatic rings. The highest BCUT2D eigenvalue weighted by Crippen LogP contribution is 2.22. The number of aryl methyl sites for hydroxylation is 1. The lowest BCUT2D eigenvalue weighted by Crippen LogP contribution is -2.09. The van der Waals surface area contributed by atoms with E-state index in [-0.39, 0.29) is 6.04 Å². The fraction of sp³-hybridized carbons (Fsp3) is 0.250. The van der Waals surface area contributed by atoms with Crippen molar-refractivity contribution in [2.75, 3.05) is 5.73 Å². The molecule has 0 radical (unpaired) electrons. The van der Waals surface area contributed by atoms with E-state index in [1.807, 2.05) is 42.0 Å². The van der Waals surface area contributed by atoms with Crippen LogP contribution in [0.2, 0.25) is 5.02 Å². The van der Waals surface area contributed by atoms with Gasteiger partial charge in [-0.3, -0.25) is 0 Å². The van der Waals surface area contributed by atoms with Gasteiger partial charge in [-0.1, -0.05) is 23.7 Å². The quantitative estimate of drug-likeness (QED) is 0.870. The van der Waals surface area contributed by atoms with Crippen molar-refractivity contribution in [3.05, 3.63) is 46.7 Å². The van der Waals surface area contributed by atoms with Crippen LogP contribution in [-0.2, 0) is 0 Å². The van der Waals surface area contributed by atoms with Gasteiger partial charge in [0.15, 0.2) is 0 Å². The SMILES string of the molecule is Cc1cn(C(C)c2ccc(Cl)cc2)c(N)n1. The highest BCUT2D eigenvalue weighted by atomic mass is 35.5. The summed E-state index contributed by atoms with van der Waals surface area (Å²) in [5.41, 5.74) is 7.92. The third-order valence-electron chi connectivity index (χ3n) is 2.65. The van der Waals surface area contributed by atoms with Crippen LogP contribution in [0.15, 0.2) is 30.5 Å². The molecule has 16 heavy (non-hydrogen) atoms. The van der Waals surface area contributed by atoms with Crippen molar-refractivity contribution in [1.29, 1.82) is 0 Å². The molecule has 1 atom stereocenters. The molecular formula is C12H14ClN3. The van der Waals surface area contributed by atoms with Gasteiger partial charge in [0.05, 0.1) is 11.7 Å². The molecule has 0 saturated carbocycles. The van der Waals surface area contributed by atoms with Crippen molar-refractivity contribution in [2.45, 2.75) is 19.9 Å². The summed E-state index contributed by atoms with van der Waals surface area (Å²) in [6, 6.07) is 7.93. The van der Waals surface area contributed by atoms with Crippen molar-refractivity contribution in [3.63, 3.8) is 0 Å². The van der Waals surface area contributed by atoms with Crippen molar-refractivity contribution < 1.29 is 0 Å². The van der Waals surface area contributed by atoms with Crippen LogP contribution in [0.3, 0.4) is 0 Å². The summed E-state index contributed by atoms with van der Waals surface area (Å²) in [5, 5.41) is 0.741. The second-order valence-corrected chi connectivity index (χ2v) is 4.31. The first-order valence-electron chi connectivity index (χ1n) is 5.14. The molecule has 0 aliphatic heterocycles. The van der Waals surface area contributed by atoms with Crippen LogP contribution in [0.1, 0.15) is 24.2 Å². The van der Waals surface area contributed by atoms with Gasteiger partial charge >= 0.3 is 0 Å². The Hall–Kier alpha value is -1.48. The van der Waals surface area contributed by atoms with Crippen LogP contribution in [0.4, 0.5) is 5.95 Å². The maximum Gasteiger partial charge on any atom is 0.200 e. The third kappa shape index (κ3) is 2.04. The normalized spacial score (nSPS) is 12.7. The van der Waals surface area contributed by atoms with Crippen LogP contribution < -0.4 is 5.73 Å². The number of nitrogens with zero attached hydrogens (tertiary/aromatic N) is 2. The zero-order valence-corrected chi connectivity index (χ0v) is 10.1. The zero-order chi connectivity index (χ0) is 11.7. The average Bonchev–Trinajstić information content (AvgIpc) is 2.58. The smallest absolute Gasteiger partial charge is 0.200 e. The second kappa shape index (κ2) is 4.18. The van der Waals surface area contributed by atoms with E-state index < -0.39 is 0 Å². The summed E-state index contributed by atoms with van der Waals surface area (Å²) in [7, 11) is 0. The lowest BCUT2D eigenvalue weighted by molar-refractivity contribution is 0.648. The number of nitrogen functional groups attached to an aromatic ring is 1. The minimum atomic E-state index is 0.165. The van der Waals surface area contributed by atoms with Gasteiger partial charge in [0.1, 0.15) is 0 Å². The Labute approximate surface area is 99.9 Å². The molecule has 1 aromatic carbocycles. The highest BCUT2D eigenvalue weighted by Gasteiger charge is 2.11. The number of anilines is 1. The summed E-state index contributed by atoms with van der Waals surface area (Å²) in [6.45, 7) is 4.02. The molecule has 1 heterocycles. The lowest BCUT2D eigenvalue weighted by Gasteiger charge is -2.14. The van der Waals surface area contributed by atoms with Crippen LogP contribution in [0.5, 0.6) is 0 Å².